The molecule has 5 nitrogen and oxygen atoms in total. The number of nitrogens with zero attached hydrogens (tertiary/aromatic N) is 1. The van der Waals surface area contributed by atoms with Gasteiger partial charge in [0.05, 0.1) is 6.61 Å². The molecule has 0 saturated heterocycles. The van der Waals surface area contributed by atoms with Crippen LogP contribution in [0, 0.1) is 17.1 Å². The molecule has 0 aromatic heterocycles. The molecule has 0 atom stereocenters. The Morgan fingerprint density at radius 2 is 1.88 bits per heavy atom. The van der Waals surface area contributed by atoms with Crippen molar-refractivity contribution in [2.75, 3.05) is 11.9 Å². The Morgan fingerprint density at radius 1 is 1.09 bits per heavy atom. The second-order valence-corrected chi connectivity index (χ2v) is 7.13. The van der Waals surface area contributed by atoms with Gasteiger partial charge in [-0.25, -0.2) is 4.39 Å². The Kier molecular flexibility index (Phi) is 7.85. The minimum absolute atomic E-state index is 0.0765. The van der Waals surface area contributed by atoms with Crippen LogP contribution in [0.15, 0.2) is 72.3 Å². The summed E-state index contributed by atoms with van der Waals surface area (Å²) in [4.78, 5) is 12.5. The number of benzene rings is 3. The summed E-state index contributed by atoms with van der Waals surface area (Å²) in [5, 5.41) is 12.6. The molecule has 32 heavy (non-hydrogen) atoms. The van der Waals surface area contributed by atoms with Gasteiger partial charge in [-0.1, -0.05) is 35.9 Å². The molecule has 0 saturated carbocycles. The van der Waals surface area contributed by atoms with Crippen molar-refractivity contribution < 1.29 is 18.7 Å². The van der Waals surface area contributed by atoms with Crippen LogP contribution in [0.2, 0.25) is 5.02 Å². The first-order valence-electron chi connectivity index (χ1n) is 9.81. The monoisotopic (exact) mass is 450 g/mol. The molecule has 1 N–H and O–H groups in total. The molecule has 0 spiro atoms. The third-order valence-corrected chi connectivity index (χ3v) is 4.57. The number of rotatable bonds is 8. The minimum atomic E-state index is -0.552. The first kappa shape index (κ1) is 22.9. The van der Waals surface area contributed by atoms with E-state index in [9.17, 15) is 14.4 Å². The van der Waals surface area contributed by atoms with E-state index in [-0.39, 0.29) is 18.0 Å². The van der Waals surface area contributed by atoms with E-state index in [1.54, 1.807) is 54.6 Å². The average molecular weight is 451 g/mol. The third kappa shape index (κ3) is 6.34. The fourth-order valence-corrected chi connectivity index (χ4v) is 3.01. The van der Waals surface area contributed by atoms with Crippen LogP contribution >= 0.6 is 11.6 Å². The molecule has 0 radical (unpaired) electrons. The molecule has 0 aliphatic heterocycles. The van der Waals surface area contributed by atoms with E-state index in [1.807, 2.05) is 13.0 Å². The van der Waals surface area contributed by atoms with Gasteiger partial charge in [0.1, 0.15) is 24.1 Å². The fourth-order valence-electron chi connectivity index (χ4n) is 2.82. The number of hydrogen-bond acceptors (Lipinski definition) is 4. The highest BCUT2D eigenvalue weighted by Crippen LogP contribution is 2.30. The normalized spacial score (nSPS) is 10.9. The standard InChI is InChI=1S/C25H20ClFN2O3/c1-2-31-24-13-18(8-11-23(24)32-16-17-6-9-21(27)10-7-17)12-19(15-28)25(30)29-22-5-3-4-20(26)14-22/h3-14H,2,16H2,1H3,(H,29,30)/b19-12+. The van der Waals surface area contributed by atoms with Crippen molar-refractivity contribution in [3.8, 4) is 17.6 Å². The second-order valence-electron chi connectivity index (χ2n) is 6.69. The smallest absolute Gasteiger partial charge is 0.266 e. The molecule has 3 rings (SSSR count). The number of nitrogens with one attached hydrogen (secondary N) is 1. The fraction of sp³-hybridized carbons (Fsp3) is 0.120. The largest absolute Gasteiger partial charge is 0.490 e. The molecular formula is C25H20ClFN2O3. The van der Waals surface area contributed by atoms with Gasteiger partial charge in [-0.2, -0.15) is 5.26 Å². The van der Waals surface area contributed by atoms with Gasteiger partial charge in [-0.3, -0.25) is 4.79 Å². The highest BCUT2D eigenvalue weighted by atomic mass is 35.5. The van der Waals surface area contributed by atoms with E-state index in [2.05, 4.69) is 5.32 Å². The van der Waals surface area contributed by atoms with Gasteiger partial charge < -0.3 is 14.8 Å². The van der Waals surface area contributed by atoms with Gasteiger partial charge >= 0.3 is 0 Å². The summed E-state index contributed by atoms with van der Waals surface area (Å²) in [5.74, 6) is 0.100. The quantitative estimate of drug-likeness (QED) is 0.337. The highest BCUT2D eigenvalue weighted by molar-refractivity contribution is 6.31. The number of hydrogen-bond donors (Lipinski definition) is 1. The summed E-state index contributed by atoms with van der Waals surface area (Å²) in [6.07, 6.45) is 1.46. The van der Waals surface area contributed by atoms with Crippen LogP contribution in [0.1, 0.15) is 18.1 Å². The minimum Gasteiger partial charge on any atom is -0.490 e. The van der Waals surface area contributed by atoms with E-state index in [0.717, 1.165) is 5.56 Å². The van der Waals surface area contributed by atoms with Crippen molar-refractivity contribution in [3.63, 3.8) is 0 Å². The summed E-state index contributed by atoms with van der Waals surface area (Å²) in [6.45, 7) is 2.48. The van der Waals surface area contributed by atoms with E-state index in [0.29, 0.717) is 34.4 Å². The van der Waals surface area contributed by atoms with Crippen molar-refractivity contribution in [1.29, 1.82) is 5.26 Å². The Balaban J connectivity index is 1.77. The molecule has 0 unspecified atom stereocenters. The summed E-state index contributed by atoms with van der Waals surface area (Å²) >= 11 is 5.93. The molecule has 162 valence electrons. The molecule has 3 aromatic rings. The molecule has 3 aromatic carbocycles. The lowest BCUT2D eigenvalue weighted by Crippen LogP contribution is -2.13. The van der Waals surface area contributed by atoms with Gasteiger partial charge in [-0.05, 0) is 66.6 Å². The van der Waals surface area contributed by atoms with E-state index < -0.39 is 5.91 Å². The van der Waals surface area contributed by atoms with Crippen molar-refractivity contribution in [2.24, 2.45) is 0 Å². The van der Waals surface area contributed by atoms with Crippen LogP contribution in [-0.2, 0) is 11.4 Å². The molecule has 0 aliphatic rings. The molecule has 0 heterocycles. The van der Waals surface area contributed by atoms with Crippen LogP contribution in [-0.4, -0.2) is 12.5 Å². The van der Waals surface area contributed by atoms with Crippen molar-refractivity contribution in [3.05, 3.63) is 94.3 Å². The number of nitriles is 1. The SMILES string of the molecule is CCOc1cc(/C=C(\C#N)C(=O)Nc2cccc(Cl)c2)ccc1OCc1ccc(F)cc1. The zero-order valence-corrected chi connectivity index (χ0v) is 18.0. The predicted octanol–water partition coefficient (Wildman–Crippen LogP) is 6.00. The maximum atomic E-state index is 13.1. The Morgan fingerprint density at radius 3 is 2.56 bits per heavy atom. The zero-order valence-electron chi connectivity index (χ0n) is 17.3. The van der Waals surface area contributed by atoms with Gasteiger partial charge in [0, 0.05) is 10.7 Å². The molecule has 1 amide bonds. The number of halogens is 2. The van der Waals surface area contributed by atoms with Crippen molar-refractivity contribution in [2.45, 2.75) is 13.5 Å². The van der Waals surface area contributed by atoms with Crippen LogP contribution in [0.25, 0.3) is 6.08 Å². The Labute approximate surface area is 190 Å². The molecule has 7 heteroatoms. The maximum Gasteiger partial charge on any atom is 0.266 e. The highest BCUT2D eigenvalue weighted by Gasteiger charge is 2.12. The molecule has 0 aliphatic carbocycles. The van der Waals surface area contributed by atoms with Crippen LogP contribution in [0.3, 0.4) is 0 Å². The number of carbonyl (C=O) groups is 1. The van der Waals surface area contributed by atoms with Crippen LogP contribution in [0.4, 0.5) is 10.1 Å². The summed E-state index contributed by atoms with van der Waals surface area (Å²) in [7, 11) is 0. The lowest BCUT2D eigenvalue weighted by atomic mass is 10.1. The number of ether oxygens (including phenoxy) is 2. The lowest BCUT2D eigenvalue weighted by molar-refractivity contribution is -0.112. The molecule has 0 bridgehead atoms. The van der Waals surface area contributed by atoms with Crippen molar-refractivity contribution >= 4 is 29.3 Å². The van der Waals surface area contributed by atoms with Gasteiger partial charge in [0.2, 0.25) is 0 Å². The van der Waals surface area contributed by atoms with Gasteiger partial charge in [0.25, 0.3) is 5.91 Å². The molecular weight excluding hydrogens is 431 g/mol. The van der Waals surface area contributed by atoms with E-state index >= 15 is 0 Å². The molecule has 0 fully saturated rings. The topological polar surface area (TPSA) is 71.3 Å². The third-order valence-electron chi connectivity index (χ3n) is 4.33. The Bertz CT molecular complexity index is 1170. The summed E-state index contributed by atoms with van der Waals surface area (Å²) in [6, 6.07) is 19.7. The first-order valence-corrected chi connectivity index (χ1v) is 10.2. The Hall–Kier alpha value is -3.82. The van der Waals surface area contributed by atoms with E-state index in [1.165, 1.54) is 18.2 Å². The van der Waals surface area contributed by atoms with Gasteiger partial charge in [0.15, 0.2) is 11.5 Å². The average Bonchev–Trinajstić information content (AvgIpc) is 2.78. The summed E-state index contributed by atoms with van der Waals surface area (Å²) < 4.78 is 24.5. The van der Waals surface area contributed by atoms with E-state index in [4.69, 9.17) is 21.1 Å². The first-order chi connectivity index (χ1) is 15.5. The lowest BCUT2D eigenvalue weighted by Gasteiger charge is -2.13. The number of amides is 1. The van der Waals surface area contributed by atoms with Crippen LogP contribution in [0.5, 0.6) is 11.5 Å². The van der Waals surface area contributed by atoms with Crippen molar-refractivity contribution in [1.82, 2.24) is 0 Å². The van der Waals surface area contributed by atoms with Gasteiger partial charge in [-0.15, -0.1) is 0 Å². The summed E-state index contributed by atoms with van der Waals surface area (Å²) in [5.41, 5.74) is 1.82. The van der Waals surface area contributed by atoms with Crippen LogP contribution < -0.4 is 14.8 Å². The maximum absolute atomic E-state index is 13.1. The predicted molar refractivity (Wildman–Crippen MR) is 122 cm³/mol. The zero-order chi connectivity index (χ0) is 22.9. The number of anilines is 1. The second kappa shape index (κ2) is 11.0. The number of carbonyl (C=O) groups excluding carboxylic acids is 1.